The highest BCUT2D eigenvalue weighted by Crippen LogP contribution is 2.43. The number of hydrogen-bond acceptors (Lipinski definition) is 4. The maximum Gasteiger partial charge on any atom is 0.335 e. The topological polar surface area (TPSA) is 69.7 Å². The van der Waals surface area contributed by atoms with Crippen LogP contribution in [0, 0.1) is 6.92 Å². The molecular formula is C26H29N3O3. The van der Waals surface area contributed by atoms with Gasteiger partial charge in [0.25, 0.3) is 11.8 Å². The van der Waals surface area contributed by atoms with E-state index in [1.165, 1.54) is 11.3 Å². The van der Waals surface area contributed by atoms with E-state index in [9.17, 15) is 14.4 Å². The first-order valence-electron chi connectivity index (χ1n) is 11.0. The Labute approximate surface area is 188 Å². The molecule has 1 N–H and O–H groups in total. The van der Waals surface area contributed by atoms with Gasteiger partial charge in [-0.25, -0.2) is 9.69 Å². The number of carbonyl (C=O) groups is 3. The molecule has 2 heterocycles. The molecule has 4 amide bonds. The summed E-state index contributed by atoms with van der Waals surface area (Å²) in [4.78, 5) is 41.7. The van der Waals surface area contributed by atoms with Crippen LogP contribution in [0.5, 0.6) is 0 Å². The monoisotopic (exact) mass is 431 g/mol. The molecule has 6 heteroatoms. The van der Waals surface area contributed by atoms with Crippen LogP contribution in [-0.4, -0.2) is 29.9 Å². The molecule has 0 aliphatic carbocycles. The lowest BCUT2D eigenvalue weighted by molar-refractivity contribution is -0.122. The first-order chi connectivity index (χ1) is 15.1. The number of carbonyl (C=O) groups excluding carboxylic acids is 3. The summed E-state index contributed by atoms with van der Waals surface area (Å²) >= 11 is 0. The molecule has 4 rings (SSSR count). The van der Waals surface area contributed by atoms with Crippen LogP contribution in [0.15, 0.2) is 48.0 Å². The van der Waals surface area contributed by atoms with Gasteiger partial charge in [0.2, 0.25) is 0 Å². The van der Waals surface area contributed by atoms with E-state index in [4.69, 9.17) is 0 Å². The summed E-state index contributed by atoms with van der Waals surface area (Å²) in [6.07, 6.45) is 2.60. The van der Waals surface area contributed by atoms with Crippen LogP contribution < -0.4 is 15.1 Å². The van der Waals surface area contributed by atoms with Crippen LogP contribution in [0.25, 0.3) is 6.08 Å². The third-order valence-electron chi connectivity index (χ3n) is 6.49. The number of hydrogen-bond donors (Lipinski definition) is 1. The lowest BCUT2D eigenvalue weighted by Crippen LogP contribution is -2.54. The molecule has 2 aromatic carbocycles. The summed E-state index contributed by atoms with van der Waals surface area (Å²) in [6.45, 7) is 11.6. The third-order valence-corrected chi connectivity index (χ3v) is 6.49. The minimum absolute atomic E-state index is 0.0519. The van der Waals surface area contributed by atoms with Gasteiger partial charge in [0.15, 0.2) is 0 Å². The predicted octanol–water partition coefficient (Wildman–Crippen LogP) is 4.77. The number of anilines is 2. The normalized spacial score (nSPS) is 21.6. The lowest BCUT2D eigenvalue weighted by Gasteiger charge is -2.47. The first kappa shape index (κ1) is 21.8. The zero-order valence-electron chi connectivity index (χ0n) is 19.2. The molecule has 0 radical (unpaired) electrons. The van der Waals surface area contributed by atoms with Crippen molar-refractivity contribution in [2.24, 2.45) is 0 Å². The highest BCUT2D eigenvalue weighted by atomic mass is 16.2. The van der Waals surface area contributed by atoms with Crippen molar-refractivity contribution < 1.29 is 14.4 Å². The van der Waals surface area contributed by atoms with Crippen LogP contribution in [0.2, 0.25) is 0 Å². The number of nitrogens with zero attached hydrogens (tertiary/aromatic N) is 2. The zero-order chi connectivity index (χ0) is 23.2. The quantitative estimate of drug-likeness (QED) is 0.561. The SMILES string of the molecule is CCN1c2ccc(/C=C3\C(=O)NC(=O)N(c4ccccc4C)C3=O)cc2[C@@H](C)CC1(C)C. The van der Waals surface area contributed by atoms with Crippen molar-refractivity contribution in [1.29, 1.82) is 0 Å². The first-order valence-corrected chi connectivity index (χ1v) is 11.0. The van der Waals surface area contributed by atoms with Gasteiger partial charge >= 0.3 is 6.03 Å². The Morgan fingerprint density at radius 2 is 1.81 bits per heavy atom. The highest BCUT2D eigenvalue weighted by Gasteiger charge is 2.38. The van der Waals surface area contributed by atoms with Crippen molar-refractivity contribution in [2.75, 3.05) is 16.3 Å². The number of urea groups is 1. The van der Waals surface area contributed by atoms with E-state index < -0.39 is 17.8 Å². The molecule has 0 bridgehead atoms. The summed E-state index contributed by atoms with van der Waals surface area (Å²) < 4.78 is 0. The van der Waals surface area contributed by atoms with Crippen LogP contribution in [0.4, 0.5) is 16.2 Å². The van der Waals surface area contributed by atoms with Crippen molar-refractivity contribution in [2.45, 2.75) is 52.5 Å². The largest absolute Gasteiger partial charge is 0.366 e. The summed E-state index contributed by atoms with van der Waals surface area (Å²) in [5.41, 5.74) is 4.41. The predicted molar refractivity (Wildman–Crippen MR) is 127 cm³/mol. The molecule has 0 spiro atoms. The highest BCUT2D eigenvalue weighted by molar-refractivity contribution is 6.39. The zero-order valence-corrected chi connectivity index (χ0v) is 19.2. The lowest BCUT2D eigenvalue weighted by atomic mass is 9.79. The molecule has 1 atom stereocenters. The summed E-state index contributed by atoms with van der Waals surface area (Å²) in [5.74, 6) is -0.941. The number of amides is 4. The number of benzene rings is 2. The molecule has 0 aromatic heterocycles. The molecule has 0 saturated carbocycles. The molecule has 2 aliphatic heterocycles. The standard InChI is InChI=1S/C26H29N3O3/c1-6-28-22-12-11-18(13-19(22)17(3)15-26(28,4)5)14-20-23(30)27-25(32)29(24(20)31)21-10-8-7-9-16(21)2/h7-14,17H,6,15H2,1-5H3,(H,27,30,32)/b20-14+/t17-/m0/s1. The maximum atomic E-state index is 13.2. The second-order valence-electron chi connectivity index (χ2n) is 9.22. The van der Waals surface area contributed by atoms with Gasteiger partial charge in [-0.1, -0.05) is 31.2 Å². The Balaban J connectivity index is 1.74. The van der Waals surface area contributed by atoms with Crippen molar-refractivity contribution in [3.05, 3.63) is 64.7 Å². The average Bonchev–Trinajstić information content (AvgIpc) is 2.72. The van der Waals surface area contributed by atoms with E-state index in [0.29, 0.717) is 11.6 Å². The Hall–Kier alpha value is -3.41. The van der Waals surface area contributed by atoms with E-state index in [1.54, 1.807) is 18.2 Å². The number of rotatable bonds is 3. The fourth-order valence-corrected chi connectivity index (χ4v) is 5.05. The smallest absolute Gasteiger partial charge is 0.335 e. The van der Waals surface area contributed by atoms with Crippen LogP contribution in [0.1, 0.15) is 56.7 Å². The number of imide groups is 2. The van der Waals surface area contributed by atoms with E-state index >= 15 is 0 Å². The maximum absolute atomic E-state index is 13.2. The Morgan fingerprint density at radius 1 is 1.09 bits per heavy atom. The van der Waals surface area contributed by atoms with Crippen LogP contribution in [0.3, 0.4) is 0 Å². The second kappa shape index (κ2) is 7.93. The van der Waals surface area contributed by atoms with Crippen molar-refractivity contribution in [3.8, 4) is 0 Å². The molecule has 1 saturated heterocycles. The van der Waals surface area contributed by atoms with Gasteiger partial charge in [-0.15, -0.1) is 0 Å². The Morgan fingerprint density at radius 3 is 2.50 bits per heavy atom. The number of aryl methyl sites for hydroxylation is 1. The fourth-order valence-electron chi connectivity index (χ4n) is 5.05. The molecular weight excluding hydrogens is 402 g/mol. The molecule has 2 aliphatic rings. The Kier molecular flexibility index (Phi) is 5.41. The molecule has 2 aromatic rings. The van der Waals surface area contributed by atoms with Gasteiger partial charge in [0.1, 0.15) is 5.57 Å². The molecule has 1 fully saturated rings. The van der Waals surface area contributed by atoms with Gasteiger partial charge in [0.05, 0.1) is 5.69 Å². The number of barbiturate groups is 1. The van der Waals surface area contributed by atoms with Gasteiger partial charge in [-0.3, -0.25) is 14.9 Å². The average molecular weight is 432 g/mol. The Bertz CT molecular complexity index is 1150. The van der Waals surface area contributed by atoms with Crippen LogP contribution in [-0.2, 0) is 9.59 Å². The fraction of sp³-hybridized carbons (Fsp3) is 0.346. The van der Waals surface area contributed by atoms with Crippen molar-refractivity contribution in [1.82, 2.24) is 5.32 Å². The number of fused-ring (bicyclic) bond motifs is 1. The minimum atomic E-state index is -0.730. The molecule has 166 valence electrons. The summed E-state index contributed by atoms with van der Waals surface area (Å²) in [5, 5.41) is 2.30. The second-order valence-corrected chi connectivity index (χ2v) is 9.22. The summed E-state index contributed by atoms with van der Waals surface area (Å²) in [7, 11) is 0. The van der Waals surface area contributed by atoms with Crippen LogP contribution >= 0.6 is 0 Å². The van der Waals surface area contributed by atoms with E-state index in [1.807, 2.05) is 25.1 Å². The molecule has 32 heavy (non-hydrogen) atoms. The number of para-hydroxylation sites is 1. The van der Waals surface area contributed by atoms with Gasteiger partial charge in [-0.05, 0) is 81.0 Å². The van der Waals surface area contributed by atoms with Gasteiger partial charge in [0, 0.05) is 17.8 Å². The molecule has 6 nitrogen and oxygen atoms in total. The third kappa shape index (κ3) is 3.60. The number of nitrogens with one attached hydrogen (secondary N) is 1. The van der Waals surface area contributed by atoms with Crippen molar-refractivity contribution >= 4 is 35.3 Å². The van der Waals surface area contributed by atoms with Crippen molar-refractivity contribution in [3.63, 3.8) is 0 Å². The molecule has 0 unspecified atom stereocenters. The van der Waals surface area contributed by atoms with Gasteiger partial charge in [-0.2, -0.15) is 0 Å². The van der Waals surface area contributed by atoms with E-state index in [2.05, 4.69) is 50.0 Å². The summed E-state index contributed by atoms with van der Waals surface area (Å²) in [6, 6.07) is 12.4. The minimum Gasteiger partial charge on any atom is -0.366 e. The van der Waals surface area contributed by atoms with Gasteiger partial charge < -0.3 is 4.90 Å². The van der Waals surface area contributed by atoms with E-state index in [0.717, 1.165) is 29.0 Å². The van der Waals surface area contributed by atoms with E-state index in [-0.39, 0.29) is 11.1 Å².